The molecule has 2 N–H and O–H groups in total. The van der Waals surface area contributed by atoms with Crippen molar-refractivity contribution in [1.29, 1.82) is 0 Å². The Labute approximate surface area is 153 Å². The molecule has 0 aliphatic heterocycles. The molecule has 0 fully saturated rings. The summed E-state index contributed by atoms with van der Waals surface area (Å²) in [4.78, 5) is 11.4. The fraction of sp³-hybridized carbons (Fsp3) is 0.316. The van der Waals surface area contributed by atoms with Gasteiger partial charge in [0.2, 0.25) is 0 Å². The first-order valence-electron chi connectivity index (χ1n) is 7.72. The Balaban J connectivity index is 0.00000139. The number of esters is 1. The van der Waals surface area contributed by atoms with Crippen molar-refractivity contribution in [3.8, 4) is 11.1 Å². The largest absolute Gasteiger partial charge is 0.466 e. The molecule has 0 bridgehead atoms. The monoisotopic (exact) mass is 367 g/mol. The Morgan fingerprint density at radius 2 is 1.79 bits per heavy atom. The number of nitrogens with two attached hydrogens (primary N) is 1. The van der Waals surface area contributed by atoms with Crippen LogP contribution in [0, 0.1) is 0 Å². The maximum atomic E-state index is 11.4. The van der Waals surface area contributed by atoms with Crippen LogP contribution in [0.25, 0.3) is 11.1 Å². The van der Waals surface area contributed by atoms with Crippen LogP contribution in [-0.4, -0.2) is 25.0 Å². The molecule has 0 spiro atoms. The SMILES string of the molecule is CCOC(=O)C[C@H](N)Cc1ccc(-c2cccc(Cl)c2)cc1.CCl. The van der Waals surface area contributed by atoms with E-state index in [9.17, 15) is 4.79 Å². The number of hydrogen-bond donors (Lipinski definition) is 1. The first-order chi connectivity index (χ1) is 11.6. The highest BCUT2D eigenvalue weighted by Crippen LogP contribution is 2.23. The normalized spacial score (nSPS) is 11.2. The van der Waals surface area contributed by atoms with Crippen LogP contribution >= 0.6 is 23.2 Å². The zero-order chi connectivity index (χ0) is 17.9. The Morgan fingerprint density at radius 1 is 1.12 bits per heavy atom. The molecule has 130 valence electrons. The molecule has 0 radical (unpaired) electrons. The molecule has 0 aliphatic rings. The van der Waals surface area contributed by atoms with E-state index in [1.54, 1.807) is 6.92 Å². The van der Waals surface area contributed by atoms with Gasteiger partial charge in [-0.2, -0.15) is 0 Å². The van der Waals surface area contributed by atoms with E-state index >= 15 is 0 Å². The number of carbonyl (C=O) groups excluding carboxylic acids is 1. The molecule has 0 amide bonds. The van der Waals surface area contributed by atoms with Gasteiger partial charge >= 0.3 is 5.97 Å². The van der Waals surface area contributed by atoms with Crippen molar-refractivity contribution in [3.05, 3.63) is 59.1 Å². The van der Waals surface area contributed by atoms with Crippen molar-refractivity contribution >= 4 is 29.2 Å². The summed E-state index contributed by atoms with van der Waals surface area (Å²) in [6.45, 7) is 2.18. The number of carbonyl (C=O) groups is 1. The summed E-state index contributed by atoms with van der Waals surface area (Å²) < 4.78 is 4.91. The molecule has 2 aromatic rings. The molecule has 2 rings (SSSR count). The molecule has 1 atom stereocenters. The van der Waals surface area contributed by atoms with E-state index in [2.05, 4.69) is 11.6 Å². The maximum absolute atomic E-state index is 11.4. The van der Waals surface area contributed by atoms with Gasteiger partial charge in [-0.1, -0.05) is 48.0 Å². The lowest BCUT2D eigenvalue weighted by atomic mass is 10.00. The van der Waals surface area contributed by atoms with Crippen LogP contribution < -0.4 is 5.73 Å². The molecule has 0 unspecified atom stereocenters. The highest BCUT2D eigenvalue weighted by Gasteiger charge is 2.11. The molecular formula is C19H23Cl2NO2. The third-order valence-electron chi connectivity index (χ3n) is 3.34. The minimum Gasteiger partial charge on any atom is -0.466 e. The zero-order valence-electron chi connectivity index (χ0n) is 14.0. The van der Waals surface area contributed by atoms with Crippen molar-refractivity contribution < 1.29 is 9.53 Å². The Bertz CT molecular complexity index is 630. The van der Waals surface area contributed by atoms with Gasteiger partial charge in [0, 0.05) is 17.4 Å². The summed E-state index contributed by atoms with van der Waals surface area (Å²) in [6, 6.07) is 15.7. The van der Waals surface area contributed by atoms with Gasteiger partial charge in [0.15, 0.2) is 0 Å². The van der Waals surface area contributed by atoms with Gasteiger partial charge in [0.25, 0.3) is 0 Å². The zero-order valence-corrected chi connectivity index (χ0v) is 15.5. The van der Waals surface area contributed by atoms with Crippen molar-refractivity contribution in [3.63, 3.8) is 0 Å². The van der Waals surface area contributed by atoms with Crippen LogP contribution in [0.1, 0.15) is 18.9 Å². The van der Waals surface area contributed by atoms with E-state index in [0.717, 1.165) is 21.7 Å². The topological polar surface area (TPSA) is 52.3 Å². The third kappa shape index (κ3) is 6.91. The van der Waals surface area contributed by atoms with Gasteiger partial charge in [0.1, 0.15) is 0 Å². The van der Waals surface area contributed by atoms with Crippen molar-refractivity contribution in [2.24, 2.45) is 5.73 Å². The summed E-state index contributed by atoms with van der Waals surface area (Å²) >= 11 is 10.6. The summed E-state index contributed by atoms with van der Waals surface area (Å²) in [5.41, 5.74) is 9.27. The Hall–Kier alpha value is -1.55. The molecule has 0 aliphatic carbocycles. The molecule has 0 saturated heterocycles. The predicted molar refractivity (Wildman–Crippen MR) is 102 cm³/mol. The summed E-state index contributed by atoms with van der Waals surface area (Å²) in [5, 5.41) is 0.720. The number of hydrogen-bond acceptors (Lipinski definition) is 3. The Morgan fingerprint density at radius 3 is 2.38 bits per heavy atom. The van der Waals surface area contributed by atoms with Gasteiger partial charge in [-0.3, -0.25) is 4.79 Å². The summed E-state index contributed by atoms with van der Waals surface area (Å²) in [6.07, 6.45) is 2.36. The highest BCUT2D eigenvalue weighted by molar-refractivity contribution is 6.30. The summed E-state index contributed by atoms with van der Waals surface area (Å²) in [7, 11) is 0. The maximum Gasteiger partial charge on any atom is 0.307 e. The standard InChI is InChI=1S/C18H20ClNO2.CH3Cl/c1-2-22-18(21)12-17(20)10-13-6-8-14(9-7-13)15-4-3-5-16(19)11-15;1-2/h3-9,11,17H,2,10,12,20H2,1H3;1H3/t17-;/m1./s1. The number of benzene rings is 2. The van der Waals surface area contributed by atoms with Gasteiger partial charge in [0.05, 0.1) is 13.0 Å². The number of halogens is 2. The van der Waals surface area contributed by atoms with Crippen LogP contribution in [-0.2, 0) is 16.0 Å². The second kappa shape index (κ2) is 11.1. The second-order valence-corrected chi connectivity index (χ2v) is 5.62. The first kappa shape index (κ1) is 20.5. The third-order valence-corrected chi connectivity index (χ3v) is 3.58. The van der Waals surface area contributed by atoms with E-state index in [-0.39, 0.29) is 18.4 Å². The molecule has 3 nitrogen and oxygen atoms in total. The van der Waals surface area contributed by atoms with E-state index in [0.29, 0.717) is 13.0 Å². The van der Waals surface area contributed by atoms with E-state index in [1.165, 1.54) is 6.38 Å². The molecule has 0 saturated carbocycles. The highest BCUT2D eigenvalue weighted by atomic mass is 35.5. The van der Waals surface area contributed by atoms with Gasteiger partial charge < -0.3 is 10.5 Å². The Kier molecular flexibility index (Phi) is 9.46. The van der Waals surface area contributed by atoms with Crippen LogP contribution in [0.4, 0.5) is 0 Å². The minimum atomic E-state index is -0.245. The quantitative estimate of drug-likeness (QED) is 0.595. The molecule has 0 aromatic heterocycles. The van der Waals surface area contributed by atoms with Crippen LogP contribution in [0.3, 0.4) is 0 Å². The molecular weight excluding hydrogens is 345 g/mol. The van der Waals surface area contributed by atoms with Crippen molar-refractivity contribution in [2.75, 3.05) is 13.0 Å². The van der Waals surface area contributed by atoms with Crippen molar-refractivity contribution in [1.82, 2.24) is 0 Å². The average molecular weight is 368 g/mol. The first-order valence-corrected chi connectivity index (χ1v) is 8.85. The van der Waals surface area contributed by atoms with Gasteiger partial charge in [-0.25, -0.2) is 0 Å². The fourth-order valence-electron chi connectivity index (χ4n) is 2.31. The average Bonchev–Trinajstić information content (AvgIpc) is 2.57. The van der Waals surface area contributed by atoms with E-state index in [1.807, 2.05) is 48.5 Å². The number of rotatable bonds is 6. The fourth-order valence-corrected chi connectivity index (χ4v) is 2.50. The lowest BCUT2D eigenvalue weighted by Gasteiger charge is -2.11. The number of alkyl halides is 1. The van der Waals surface area contributed by atoms with E-state index < -0.39 is 0 Å². The molecule has 0 heterocycles. The van der Waals surface area contributed by atoms with Gasteiger partial charge in [-0.05, 0) is 42.2 Å². The summed E-state index contributed by atoms with van der Waals surface area (Å²) in [5.74, 6) is -0.245. The van der Waals surface area contributed by atoms with Crippen LogP contribution in [0.2, 0.25) is 5.02 Å². The molecule has 2 aromatic carbocycles. The van der Waals surface area contributed by atoms with Crippen molar-refractivity contribution in [2.45, 2.75) is 25.8 Å². The minimum absolute atomic E-state index is 0.226. The lowest BCUT2D eigenvalue weighted by Crippen LogP contribution is -2.27. The molecule has 5 heteroatoms. The second-order valence-electron chi connectivity index (χ2n) is 5.18. The molecule has 24 heavy (non-hydrogen) atoms. The van der Waals surface area contributed by atoms with Crippen LogP contribution in [0.5, 0.6) is 0 Å². The van der Waals surface area contributed by atoms with E-state index in [4.69, 9.17) is 22.1 Å². The predicted octanol–water partition coefficient (Wildman–Crippen LogP) is 4.69. The van der Waals surface area contributed by atoms with Gasteiger partial charge in [-0.15, -0.1) is 11.6 Å². The van der Waals surface area contributed by atoms with Crippen LogP contribution in [0.15, 0.2) is 48.5 Å². The number of ether oxygens (including phenoxy) is 1. The lowest BCUT2D eigenvalue weighted by molar-refractivity contribution is -0.143. The smallest absolute Gasteiger partial charge is 0.307 e.